The number of nitrogens with two attached hydrogens (primary N) is 1. The SMILES string of the molecule is NC(=S)c1ncccc1S(=O)(=O)NCCC1CCCC1. The highest BCUT2D eigenvalue weighted by molar-refractivity contribution is 7.89. The van der Waals surface area contributed by atoms with E-state index < -0.39 is 10.0 Å². The lowest BCUT2D eigenvalue weighted by Gasteiger charge is -2.12. The predicted octanol–water partition coefficient (Wildman–Crippen LogP) is 1.57. The van der Waals surface area contributed by atoms with Crippen LogP contribution in [0.15, 0.2) is 23.2 Å². The van der Waals surface area contributed by atoms with Crippen LogP contribution in [0, 0.1) is 5.92 Å². The normalized spacial score (nSPS) is 16.4. The van der Waals surface area contributed by atoms with Crippen molar-refractivity contribution in [1.82, 2.24) is 9.71 Å². The van der Waals surface area contributed by atoms with E-state index in [1.807, 2.05) is 0 Å². The van der Waals surface area contributed by atoms with E-state index >= 15 is 0 Å². The average molecular weight is 313 g/mol. The molecule has 5 nitrogen and oxygen atoms in total. The van der Waals surface area contributed by atoms with E-state index in [1.165, 1.54) is 37.9 Å². The Kier molecular flexibility index (Phi) is 5.06. The standard InChI is InChI=1S/C13H19N3O2S2/c14-13(19)12-11(6-3-8-15-12)20(17,18)16-9-7-10-4-1-2-5-10/h3,6,8,10,16H,1-2,4-5,7,9H2,(H2,14,19). The van der Waals surface area contributed by atoms with Gasteiger partial charge in [-0.1, -0.05) is 37.9 Å². The van der Waals surface area contributed by atoms with Gasteiger partial charge in [-0.2, -0.15) is 0 Å². The van der Waals surface area contributed by atoms with Crippen LogP contribution in [0.4, 0.5) is 0 Å². The van der Waals surface area contributed by atoms with Gasteiger partial charge in [-0.05, 0) is 24.5 Å². The van der Waals surface area contributed by atoms with E-state index in [0.717, 1.165) is 6.42 Å². The second-order valence-electron chi connectivity index (χ2n) is 5.05. The summed E-state index contributed by atoms with van der Waals surface area (Å²) in [7, 11) is -3.61. The van der Waals surface area contributed by atoms with Crippen molar-refractivity contribution in [1.29, 1.82) is 0 Å². The largest absolute Gasteiger partial charge is 0.388 e. The molecule has 110 valence electrons. The summed E-state index contributed by atoms with van der Waals surface area (Å²) in [6.45, 7) is 0.443. The van der Waals surface area contributed by atoms with Crippen LogP contribution in [0.2, 0.25) is 0 Å². The van der Waals surface area contributed by atoms with Crippen LogP contribution in [0.25, 0.3) is 0 Å². The summed E-state index contributed by atoms with van der Waals surface area (Å²) in [5.41, 5.74) is 5.67. The summed E-state index contributed by atoms with van der Waals surface area (Å²) in [6.07, 6.45) is 7.27. The van der Waals surface area contributed by atoms with Crippen molar-refractivity contribution in [3.05, 3.63) is 24.0 Å². The average Bonchev–Trinajstić information content (AvgIpc) is 2.91. The molecule has 3 N–H and O–H groups in total. The monoisotopic (exact) mass is 313 g/mol. The number of nitrogens with zero attached hydrogens (tertiary/aromatic N) is 1. The Hall–Kier alpha value is -1.05. The Balaban J connectivity index is 2.04. The smallest absolute Gasteiger partial charge is 0.242 e. The zero-order valence-corrected chi connectivity index (χ0v) is 12.8. The number of aromatic nitrogens is 1. The van der Waals surface area contributed by atoms with Crippen molar-refractivity contribution in [2.24, 2.45) is 11.7 Å². The van der Waals surface area contributed by atoms with Gasteiger partial charge in [0, 0.05) is 12.7 Å². The lowest BCUT2D eigenvalue weighted by Crippen LogP contribution is -2.28. The van der Waals surface area contributed by atoms with Gasteiger partial charge in [0.15, 0.2) is 0 Å². The Morgan fingerprint density at radius 1 is 1.45 bits per heavy atom. The Labute approximate surface area is 125 Å². The molecular weight excluding hydrogens is 294 g/mol. The molecule has 0 bridgehead atoms. The summed E-state index contributed by atoms with van der Waals surface area (Å²) in [5.74, 6) is 0.640. The van der Waals surface area contributed by atoms with E-state index in [2.05, 4.69) is 9.71 Å². The molecule has 0 radical (unpaired) electrons. The fourth-order valence-electron chi connectivity index (χ4n) is 2.57. The van der Waals surface area contributed by atoms with Crippen LogP contribution in [-0.4, -0.2) is 24.9 Å². The van der Waals surface area contributed by atoms with Crippen molar-refractivity contribution < 1.29 is 8.42 Å². The first-order chi connectivity index (χ1) is 9.50. The Bertz CT molecular complexity index is 581. The number of rotatable bonds is 6. The third-order valence-corrected chi connectivity index (χ3v) is 5.30. The maximum absolute atomic E-state index is 12.3. The molecule has 7 heteroatoms. The highest BCUT2D eigenvalue weighted by Crippen LogP contribution is 2.27. The van der Waals surface area contributed by atoms with Crippen molar-refractivity contribution in [3.8, 4) is 0 Å². The quantitative estimate of drug-likeness (QED) is 0.779. The lowest BCUT2D eigenvalue weighted by molar-refractivity contribution is 0.495. The Morgan fingerprint density at radius 3 is 2.80 bits per heavy atom. The zero-order valence-electron chi connectivity index (χ0n) is 11.2. The number of hydrogen-bond acceptors (Lipinski definition) is 4. The fourth-order valence-corrected chi connectivity index (χ4v) is 4.01. The van der Waals surface area contributed by atoms with Gasteiger partial charge in [0.2, 0.25) is 10.0 Å². The number of sulfonamides is 1. The van der Waals surface area contributed by atoms with Crippen molar-refractivity contribution in [2.45, 2.75) is 37.0 Å². The highest BCUT2D eigenvalue weighted by Gasteiger charge is 2.21. The first-order valence-electron chi connectivity index (χ1n) is 6.75. The van der Waals surface area contributed by atoms with Crippen LogP contribution in [-0.2, 0) is 10.0 Å². The van der Waals surface area contributed by atoms with E-state index in [-0.39, 0.29) is 15.6 Å². The number of nitrogens with one attached hydrogen (secondary N) is 1. The number of hydrogen-bond donors (Lipinski definition) is 2. The molecular formula is C13H19N3O2S2. The van der Waals surface area contributed by atoms with Crippen LogP contribution < -0.4 is 10.5 Å². The maximum Gasteiger partial charge on any atom is 0.242 e. The summed E-state index contributed by atoms with van der Waals surface area (Å²) in [5, 5.41) is 0. The van der Waals surface area contributed by atoms with Gasteiger partial charge in [0.1, 0.15) is 15.6 Å². The van der Waals surface area contributed by atoms with Crippen LogP contribution in [0.5, 0.6) is 0 Å². The predicted molar refractivity (Wildman–Crippen MR) is 81.9 cm³/mol. The molecule has 0 aromatic carbocycles. The molecule has 0 saturated heterocycles. The lowest BCUT2D eigenvalue weighted by atomic mass is 10.1. The molecule has 0 unspecified atom stereocenters. The molecule has 1 aromatic rings. The topological polar surface area (TPSA) is 85.1 Å². The first-order valence-corrected chi connectivity index (χ1v) is 8.64. The Morgan fingerprint density at radius 2 is 2.15 bits per heavy atom. The summed E-state index contributed by atoms with van der Waals surface area (Å²) in [4.78, 5) is 3.99. The second-order valence-corrected chi connectivity index (χ2v) is 7.23. The molecule has 0 amide bonds. The van der Waals surface area contributed by atoms with Crippen molar-refractivity contribution in [3.63, 3.8) is 0 Å². The molecule has 0 spiro atoms. The first kappa shape index (κ1) is 15.3. The minimum absolute atomic E-state index is 0.0123. The molecule has 2 rings (SSSR count). The van der Waals surface area contributed by atoms with Crippen LogP contribution >= 0.6 is 12.2 Å². The molecule has 1 aliphatic rings. The molecule has 20 heavy (non-hydrogen) atoms. The minimum atomic E-state index is -3.61. The molecule has 1 saturated carbocycles. The van der Waals surface area contributed by atoms with Gasteiger partial charge in [-0.15, -0.1) is 0 Å². The molecule has 0 aliphatic heterocycles. The van der Waals surface area contributed by atoms with Crippen molar-refractivity contribution in [2.75, 3.05) is 6.54 Å². The van der Waals surface area contributed by atoms with E-state index in [9.17, 15) is 8.42 Å². The van der Waals surface area contributed by atoms with Gasteiger partial charge >= 0.3 is 0 Å². The van der Waals surface area contributed by atoms with E-state index in [1.54, 1.807) is 6.07 Å². The fraction of sp³-hybridized carbons (Fsp3) is 0.538. The summed E-state index contributed by atoms with van der Waals surface area (Å²) >= 11 is 4.84. The summed E-state index contributed by atoms with van der Waals surface area (Å²) in [6, 6.07) is 3.03. The maximum atomic E-state index is 12.3. The van der Waals surface area contributed by atoms with Gasteiger partial charge in [0.25, 0.3) is 0 Å². The highest BCUT2D eigenvalue weighted by atomic mass is 32.2. The number of pyridine rings is 1. The van der Waals surface area contributed by atoms with Crippen LogP contribution in [0.1, 0.15) is 37.8 Å². The molecule has 1 aromatic heterocycles. The van der Waals surface area contributed by atoms with E-state index in [0.29, 0.717) is 12.5 Å². The molecule has 0 atom stereocenters. The van der Waals surface area contributed by atoms with Gasteiger partial charge in [-0.3, -0.25) is 4.98 Å². The van der Waals surface area contributed by atoms with Gasteiger partial charge in [0.05, 0.1) is 0 Å². The molecule has 1 fully saturated rings. The zero-order chi connectivity index (χ0) is 14.6. The third-order valence-electron chi connectivity index (χ3n) is 3.61. The van der Waals surface area contributed by atoms with Crippen molar-refractivity contribution >= 4 is 27.2 Å². The number of thiocarbonyl (C=S) groups is 1. The third kappa shape index (κ3) is 3.74. The molecule has 1 aliphatic carbocycles. The molecule has 1 heterocycles. The summed E-state index contributed by atoms with van der Waals surface area (Å²) < 4.78 is 27.1. The second kappa shape index (κ2) is 6.60. The van der Waals surface area contributed by atoms with Crippen LogP contribution in [0.3, 0.4) is 0 Å². The van der Waals surface area contributed by atoms with E-state index in [4.69, 9.17) is 18.0 Å². The van der Waals surface area contributed by atoms with Gasteiger partial charge in [-0.25, -0.2) is 13.1 Å². The minimum Gasteiger partial charge on any atom is -0.388 e. The van der Waals surface area contributed by atoms with Gasteiger partial charge < -0.3 is 5.73 Å².